The standard InChI is InChI=1S/C66H84N10O12/c1-36(2)55-59(81)69-40(6)61(83)75-30-8-11-52(73-75)58(80)68-39(5)50-17-15-48-45(33-43(35-54(48)72-50)19-25-66(63(85)87-55)28-22-47(78)23-29-66)32-37(3)56-60(82)70-41(7)62(84)76-31-9-10-51(74-76)57(79)67-38(4)49-16-14-44-13-12-42(34-53(44)71-49)18-24-65(64(86)88-56)26-20-46(77)21-27-65/h12-19,24-25,33-41,46-47,51-52,55-56,73-74,77-78H,8-11,20-23,26-32H2,1-7H3,(H,67,79)(H,68,80)(H,69,81)(H,70,82)/b24-18+,25-19?/t37?,38?,39-,40+,41?,46?,47?,51?,52+,55+,56?,65?,66?/m1/s1. The summed E-state index contributed by atoms with van der Waals surface area (Å²) in [6, 6.07) is 12.1. The van der Waals surface area contributed by atoms with Crippen molar-refractivity contribution in [1.29, 1.82) is 0 Å². The van der Waals surface area contributed by atoms with Crippen LogP contribution in [-0.4, -0.2) is 139 Å². The van der Waals surface area contributed by atoms with E-state index in [0.29, 0.717) is 77.5 Å². The van der Waals surface area contributed by atoms with Crippen molar-refractivity contribution < 1.29 is 58.0 Å². The fraction of sp³-hybridized carbons (Fsp3) is 0.545. The van der Waals surface area contributed by atoms with Gasteiger partial charge in [0.2, 0.25) is 11.8 Å². The molecule has 2 saturated heterocycles. The molecule has 4 fully saturated rings. The minimum atomic E-state index is -1.50. The zero-order valence-electron chi connectivity index (χ0n) is 51.3. The number of amides is 6. The van der Waals surface area contributed by atoms with Gasteiger partial charge in [0.25, 0.3) is 23.6 Å². The number of cyclic esters (lactones) is 2. The number of aliphatic hydroxyl groups excluding tert-OH is 2. The maximum absolute atomic E-state index is 15.3. The molecule has 6 heterocycles. The van der Waals surface area contributed by atoms with Crippen molar-refractivity contribution in [3.05, 3.63) is 94.8 Å². The Bertz CT molecular complexity index is 3410. The quantitative estimate of drug-likeness (QED) is 0.119. The van der Waals surface area contributed by atoms with Crippen molar-refractivity contribution in [3.63, 3.8) is 0 Å². The molecule has 22 heteroatoms. The average molecular weight is 1210 g/mol. The van der Waals surface area contributed by atoms with Crippen LogP contribution in [0.5, 0.6) is 0 Å². The molecular weight excluding hydrogens is 1120 g/mol. The summed E-state index contributed by atoms with van der Waals surface area (Å²) in [5, 5.41) is 37.6. The van der Waals surface area contributed by atoms with E-state index >= 15 is 9.59 Å². The molecule has 470 valence electrons. The van der Waals surface area contributed by atoms with Gasteiger partial charge in [-0.05, 0) is 158 Å². The van der Waals surface area contributed by atoms with Crippen LogP contribution in [-0.2, 0) is 54.3 Å². The van der Waals surface area contributed by atoms with Gasteiger partial charge in [-0.2, -0.15) is 0 Å². The number of hydrogen-bond donors (Lipinski definition) is 8. The third kappa shape index (κ3) is 13.9. The number of esters is 2. The molecule has 22 nitrogen and oxygen atoms in total. The molecule has 8 N–H and O–H groups in total. The summed E-state index contributed by atoms with van der Waals surface area (Å²) in [5.74, 6) is -5.70. The van der Waals surface area contributed by atoms with Crippen LogP contribution in [0, 0.1) is 22.7 Å². The minimum absolute atomic E-state index is 0.0985. The van der Waals surface area contributed by atoms with Crippen molar-refractivity contribution in [2.75, 3.05) is 13.1 Å². The lowest BCUT2D eigenvalue weighted by atomic mass is 9.72. The Morgan fingerprint density at radius 1 is 0.545 bits per heavy atom. The highest BCUT2D eigenvalue weighted by molar-refractivity contribution is 5.94. The summed E-state index contributed by atoms with van der Waals surface area (Å²) < 4.78 is 12.7. The number of fused-ring (bicyclic) bond motifs is 8. The number of rotatable bonds is 4. The van der Waals surface area contributed by atoms with Crippen molar-refractivity contribution in [1.82, 2.24) is 52.1 Å². The molecule has 2 aliphatic carbocycles. The summed E-state index contributed by atoms with van der Waals surface area (Å²) >= 11 is 0. The van der Waals surface area contributed by atoms with Crippen LogP contribution < -0.4 is 32.1 Å². The van der Waals surface area contributed by atoms with E-state index in [1.165, 1.54) is 23.9 Å². The highest BCUT2D eigenvalue weighted by Gasteiger charge is 2.46. The maximum atomic E-state index is 15.3. The molecule has 2 saturated carbocycles. The van der Waals surface area contributed by atoms with E-state index < -0.39 is 119 Å². The third-order valence-corrected chi connectivity index (χ3v) is 18.6. The Hall–Kier alpha value is -7.66. The Morgan fingerprint density at radius 2 is 1.00 bits per heavy atom. The Balaban J connectivity index is 1.04. The lowest BCUT2D eigenvalue weighted by Crippen LogP contribution is -2.61. The van der Waals surface area contributed by atoms with E-state index in [4.69, 9.17) is 19.4 Å². The second-order valence-corrected chi connectivity index (χ2v) is 25.7. The first kappa shape index (κ1) is 63.4. The normalized spacial score (nSPS) is 31.7. The first-order valence-corrected chi connectivity index (χ1v) is 31.4. The van der Waals surface area contributed by atoms with Gasteiger partial charge in [-0.15, -0.1) is 0 Å². The van der Waals surface area contributed by atoms with Gasteiger partial charge < -0.3 is 41.0 Å². The molecule has 2 aromatic carbocycles. The molecule has 2 aromatic heterocycles. The van der Waals surface area contributed by atoms with E-state index in [-0.39, 0.29) is 69.8 Å². The fourth-order valence-electron chi connectivity index (χ4n) is 13.0. The highest BCUT2D eigenvalue weighted by atomic mass is 16.6. The van der Waals surface area contributed by atoms with Gasteiger partial charge in [-0.1, -0.05) is 75.4 Å². The molecule has 0 radical (unpaired) electrons. The largest absolute Gasteiger partial charge is 0.451 e. The molecule has 6 aliphatic rings. The smallest absolute Gasteiger partial charge is 0.316 e. The van der Waals surface area contributed by atoms with E-state index in [2.05, 4.69) is 32.1 Å². The third-order valence-electron chi connectivity index (χ3n) is 18.6. The number of ether oxygens (including phenoxy) is 2. The van der Waals surface area contributed by atoms with Crippen LogP contribution in [0.15, 0.2) is 66.7 Å². The molecule has 2 spiro atoms. The Kier molecular flexibility index (Phi) is 19.1. The number of nitrogens with one attached hydrogen (secondary N) is 6. The van der Waals surface area contributed by atoms with Gasteiger partial charge in [-0.3, -0.25) is 58.3 Å². The van der Waals surface area contributed by atoms with Crippen molar-refractivity contribution in [2.45, 2.75) is 193 Å². The molecule has 9 atom stereocenters. The summed E-state index contributed by atoms with van der Waals surface area (Å²) in [6.07, 6.45) is 7.01. The number of pyridine rings is 2. The van der Waals surface area contributed by atoms with Gasteiger partial charge in [0.15, 0.2) is 12.2 Å². The van der Waals surface area contributed by atoms with Crippen LogP contribution in [0.1, 0.15) is 166 Å². The topological polar surface area (TPSA) is 300 Å². The molecule has 88 heavy (non-hydrogen) atoms. The molecular formula is C66H84N10O12. The first-order chi connectivity index (χ1) is 42.0. The van der Waals surface area contributed by atoms with E-state index in [9.17, 15) is 39.0 Å². The van der Waals surface area contributed by atoms with Crippen LogP contribution in [0.4, 0.5) is 0 Å². The van der Waals surface area contributed by atoms with Gasteiger partial charge in [0, 0.05) is 29.8 Å². The van der Waals surface area contributed by atoms with Gasteiger partial charge in [0.05, 0.1) is 57.5 Å². The van der Waals surface area contributed by atoms with Gasteiger partial charge in [-0.25, -0.2) is 10.9 Å². The van der Waals surface area contributed by atoms with Crippen LogP contribution in [0.25, 0.3) is 34.0 Å². The van der Waals surface area contributed by atoms with E-state index in [1.807, 2.05) is 61.5 Å². The number of carbonyl (C=O) groups is 8. The molecule has 6 amide bonds. The number of hydrogen-bond acceptors (Lipinski definition) is 16. The number of nitrogens with zero attached hydrogens (tertiary/aromatic N) is 4. The van der Waals surface area contributed by atoms with Crippen LogP contribution >= 0.6 is 0 Å². The summed E-state index contributed by atoms with van der Waals surface area (Å²) in [6.45, 7) is 12.5. The number of hydrazine groups is 2. The second-order valence-electron chi connectivity index (χ2n) is 25.7. The van der Waals surface area contributed by atoms with Crippen molar-refractivity contribution >= 4 is 81.3 Å². The molecule has 10 bridgehead atoms. The monoisotopic (exact) mass is 1210 g/mol. The predicted molar refractivity (Wildman–Crippen MR) is 327 cm³/mol. The Morgan fingerprint density at radius 3 is 1.53 bits per heavy atom. The lowest BCUT2D eigenvalue weighted by molar-refractivity contribution is -0.169. The van der Waals surface area contributed by atoms with Gasteiger partial charge in [0.1, 0.15) is 24.2 Å². The molecule has 10 rings (SSSR count). The first-order valence-electron chi connectivity index (χ1n) is 31.4. The lowest BCUT2D eigenvalue weighted by Gasteiger charge is -2.37. The Labute approximate surface area is 512 Å². The van der Waals surface area contributed by atoms with Crippen LogP contribution in [0.3, 0.4) is 0 Å². The van der Waals surface area contributed by atoms with E-state index in [1.54, 1.807) is 52.0 Å². The highest BCUT2D eigenvalue weighted by Crippen LogP contribution is 2.43. The van der Waals surface area contributed by atoms with Crippen LogP contribution in [0.2, 0.25) is 0 Å². The molecule has 5 unspecified atom stereocenters. The van der Waals surface area contributed by atoms with Gasteiger partial charge >= 0.3 is 11.9 Å². The number of benzene rings is 2. The predicted octanol–water partition coefficient (Wildman–Crippen LogP) is 5.39. The number of carbonyl (C=O) groups excluding carboxylic acids is 8. The van der Waals surface area contributed by atoms with Crippen molar-refractivity contribution in [2.24, 2.45) is 22.7 Å². The number of aromatic nitrogens is 2. The average Bonchev–Trinajstić information content (AvgIpc) is 1.57. The molecule has 4 aromatic rings. The number of aliphatic hydroxyl groups is 2. The summed E-state index contributed by atoms with van der Waals surface area (Å²) in [5.41, 5.74) is 7.88. The fourth-order valence-corrected chi connectivity index (χ4v) is 13.0. The summed E-state index contributed by atoms with van der Waals surface area (Å²) in [7, 11) is 0. The SMILES string of the molecule is CC1NC(=O)C(C(C)Cc2cc3cc4nc(ccc24)[C@@H](C)NC(=O)[C@@H]2CCCN(N2)C(=O)[C@H](C)NC(=O)[C@H](C(C)C)OC(=O)C2(C=C3)CCC(O)CC2)OC(=O)C2(/C=C/c3ccc4ccc(nc4c3)C(C)NC(=O)C3CCCN(N3)C1=O)CCC(O)CC2. The maximum Gasteiger partial charge on any atom is 0.316 e. The van der Waals surface area contributed by atoms with Crippen molar-refractivity contribution in [3.8, 4) is 0 Å². The zero-order valence-corrected chi connectivity index (χ0v) is 51.3. The van der Waals surface area contributed by atoms with E-state index in [0.717, 1.165) is 10.9 Å². The second kappa shape index (κ2) is 26.6. The summed E-state index contributed by atoms with van der Waals surface area (Å²) in [4.78, 5) is 125. The molecule has 4 aliphatic heterocycles. The zero-order chi connectivity index (χ0) is 62.8. The minimum Gasteiger partial charge on any atom is -0.451 e.